The van der Waals surface area contributed by atoms with Crippen molar-refractivity contribution in [3.8, 4) is 0 Å². The van der Waals surface area contributed by atoms with Gasteiger partial charge in [-0.15, -0.1) is 0 Å². The molecule has 1 heterocycles. The highest BCUT2D eigenvalue weighted by molar-refractivity contribution is 6.45. The van der Waals surface area contributed by atoms with Gasteiger partial charge in [0.25, 0.3) is 5.91 Å². The first kappa shape index (κ1) is 12.6. The van der Waals surface area contributed by atoms with Crippen LogP contribution in [0.25, 0.3) is 0 Å². The van der Waals surface area contributed by atoms with Gasteiger partial charge >= 0.3 is 0 Å². The number of carbonyl (C=O) groups excluding carboxylic acids is 1. The van der Waals surface area contributed by atoms with E-state index >= 15 is 0 Å². The summed E-state index contributed by atoms with van der Waals surface area (Å²) in [5, 5.41) is 9.33. The number of benzene rings is 1. The number of nitrogens with zero attached hydrogens (tertiary/aromatic N) is 1. The molecule has 1 aromatic rings. The summed E-state index contributed by atoms with van der Waals surface area (Å²) in [6.07, 6.45) is 2.94. The Kier molecular flexibility index (Phi) is 3.96. The van der Waals surface area contributed by atoms with E-state index in [4.69, 9.17) is 11.6 Å². The molecule has 1 atom stereocenters. The van der Waals surface area contributed by atoms with Gasteiger partial charge in [0.2, 0.25) is 0 Å². The van der Waals surface area contributed by atoms with E-state index in [2.05, 4.69) is 20.9 Å². The van der Waals surface area contributed by atoms with Crippen LogP contribution in [0.4, 0.5) is 5.69 Å². The van der Waals surface area contributed by atoms with Crippen molar-refractivity contribution in [2.24, 2.45) is 4.99 Å². The average molecular weight is 265 g/mol. The lowest BCUT2D eigenvalue weighted by atomic mass is 10.2. The number of anilines is 1. The molecule has 0 aliphatic carbocycles. The van der Waals surface area contributed by atoms with Crippen LogP contribution in [0.15, 0.2) is 41.7 Å². The number of carbonyl (C=O) groups is 1. The topological polar surface area (TPSA) is 65.5 Å². The summed E-state index contributed by atoms with van der Waals surface area (Å²) in [4.78, 5) is 16.1. The second-order valence-electron chi connectivity index (χ2n) is 3.68. The van der Waals surface area contributed by atoms with E-state index in [0.717, 1.165) is 0 Å². The van der Waals surface area contributed by atoms with Crippen molar-refractivity contribution in [3.63, 3.8) is 0 Å². The molecule has 0 saturated carbocycles. The third kappa shape index (κ3) is 2.88. The van der Waals surface area contributed by atoms with Crippen LogP contribution < -0.4 is 16.0 Å². The first-order valence-electron chi connectivity index (χ1n) is 5.43. The number of aliphatic imine (C=N–C) groups is 1. The Labute approximate surface area is 110 Å². The Hall–Kier alpha value is -1.85. The molecule has 0 bridgehead atoms. The standard InChI is InChI=1S/C12H13ClN4O/c1-14-11-10(15-6-7-16-11)12(18)17-9-4-2-8(13)3-5-9/h2-7,11,14,16H,1H3,(H,17,18). The van der Waals surface area contributed by atoms with Gasteiger partial charge in [-0.1, -0.05) is 11.6 Å². The van der Waals surface area contributed by atoms with Crippen LogP contribution in [0.2, 0.25) is 5.02 Å². The fourth-order valence-electron chi connectivity index (χ4n) is 1.55. The number of rotatable bonds is 3. The maximum Gasteiger partial charge on any atom is 0.273 e. The van der Waals surface area contributed by atoms with Gasteiger partial charge in [-0.2, -0.15) is 0 Å². The average Bonchev–Trinajstić information content (AvgIpc) is 2.41. The molecule has 1 aromatic carbocycles. The highest BCUT2D eigenvalue weighted by Gasteiger charge is 2.21. The minimum absolute atomic E-state index is 0.256. The van der Waals surface area contributed by atoms with Crippen LogP contribution in [0.1, 0.15) is 0 Å². The molecule has 1 amide bonds. The predicted octanol–water partition coefficient (Wildman–Crippen LogP) is 1.34. The van der Waals surface area contributed by atoms with Gasteiger partial charge in [0.15, 0.2) is 0 Å². The van der Waals surface area contributed by atoms with E-state index in [0.29, 0.717) is 16.4 Å². The van der Waals surface area contributed by atoms with Crippen LogP contribution >= 0.6 is 11.6 Å². The Morgan fingerprint density at radius 1 is 1.39 bits per heavy atom. The largest absolute Gasteiger partial charge is 0.369 e. The van der Waals surface area contributed by atoms with Gasteiger partial charge < -0.3 is 10.6 Å². The summed E-state index contributed by atoms with van der Waals surface area (Å²) >= 11 is 5.78. The van der Waals surface area contributed by atoms with Crippen molar-refractivity contribution in [3.05, 3.63) is 41.7 Å². The number of nitrogens with one attached hydrogen (secondary N) is 3. The van der Waals surface area contributed by atoms with Crippen LogP contribution in [0, 0.1) is 0 Å². The fourth-order valence-corrected chi connectivity index (χ4v) is 1.67. The molecule has 5 nitrogen and oxygen atoms in total. The highest BCUT2D eigenvalue weighted by atomic mass is 35.5. The third-order valence-corrected chi connectivity index (χ3v) is 2.70. The molecule has 0 fully saturated rings. The van der Waals surface area contributed by atoms with Crippen molar-refractivity contribution in [1.29, 1.82) is 0 Å². The Morgan fingerprint density at radius 2 is 2.11 bits per heavy atom. The van der Waals surface area contributed by atoms with Crippen molar-refractivity contribution in [1.82, 2.24) is 10.6 Å². The van der Waals surface area contributed by atoms with Crippen LogP contribution in [-0.4, -0.2) is 24.8 Å². The molecule has 1 aliphatic heterocycles. The van der Waals surface area contributed by atoms with Crippen molar-refractivity contribution in [2.45, 2.75) is 6.17 Å². The minimum Gasteiger partial charge on any atom is -0.369 e. The summed E-state index contributed by atoms with van der Waals surface area (Å²) in [5.41, 5.74) is 1.06. The zero-order valence-corrected chi connectivity index (χ0v) is 10.5. The SMILES string of the molecule is CNC1NC=CN=C1C(=O)Nc1ccc(Cl)cc1. The molecule has 0 aromatic heterocycles. The van der Waals surface area contributed by atoms with Crippen molar-refractivity contribution >= 4 is 28.9 Å². The second-order valence-corrected chi connectivity index (χ2v) is 4.12. The monoisotopic (exact) mass is 264 g/mol. The maximum absolute atomic E-state index is 12.0. The van der Waals surface area contributed by atoms with E-state index in [1.807, 2.05) is 0 Å². The van der Waals surface area contributed by atoms with Crippen molar-refractivity contribution < 1.29 is 4.79 Å². The van der Waals surface area contributed by atoms with Crippen LogP contribution in [0.5, 0.6) is 0 Å². The highest BCUT2D eigenvalue weighted by Crippen LogP contribution is 2.13. The molecule has 2 rings (SSSR count). The van der Waals surface area contributed by atoms with E-state index in [9.17, 15) is 4.79 Å². The van der Waals surface area contributed by atoms with E-state index < -0.39 is 0 Å². The maximum atomic E-state index is 12.0. The number of amides is 1. The van der Waals surface area contributed by atoms with Crippen LogP contribution in [-0.2, 0) is 4.79 Å². The summed E-state index contributed by atoms with van der Waals surface area (Å²) in [6.45, 7) is 0. The molecular weight excluding hydrogens is 252 g/mol. The zero-order valence-electron chi connectivity index (χ0n) is 9.77. The molecule has 3 N–H and O–H groups in total. The molecule has 94 valence electrons. The molecule has 1 unspecified atom stereocenters. The first-order chi connectivity index (χ1) is 8.70. The first-order valence-corrected chi connectivity index (χ1v) is 5.81. The van der Waals surface area contributed by atoms with Gasteiger partial charge in [-0.3, -0.25) is 15.1 Å². The van der Waals surface area contributed by atoms with Gasteiger partial charge in [0.05, 0.1) is 0 Å². The molecular formula is C12H13ClN4O. The van der Waals surface area contributed by atoms with Gasteiger partial charge in [-0.05, 0) is 31.3 Å². The lowest BCUT2D eigenvalue weighted by Crippen LogP contribution is -2.50. The molecule has 18 heavy (non-hydrogen) atoms. The van der Waals surface area contributed by atoms with E-state index in [-0.39, 0.29) is 12.1 Å². The molecule has 1 aliphatic rings. The Morgan fingerprint density at radius 3 is 2.78 bits per heavy atom. The number of hydrogen-bond donors (Lipinski definition) is 3. The molecule has 0 spiro atoms. The second kappa shape index (κ2) is 5.66. The summed E-state index contributed by atoms with van der Waals surface area (Å²) in [6, 6.07) is 6.91. The van der Waals surface area contributed by atoms with E-state index in [1.165, 1.54) is 0 Å². The lowest BCUT2D eigenvalue weighted by molar-refractivity contribution is -0.110. The summed E-state index contributed by atoms with van der Waals surface area (Å²) < 4.78 is 0. The zero-order chi connectivity index (χ0) is 13.0. The summed E-state index contributed by atoms with van der Waals surface area (Å²) in [7, 11) is 1.75. The predicted molar refractivity (Wildman–Crippen MR) is 72.6 cm³/mol. The summed E-state index contributed by atoms with van der Waals surface area (Å²) in [5.74, 6) is -0.256. The smallest absolute Gasteiger partial charge is 0.273 e. The van der Waals surface area contributed by atoms with Gasteiger partial charge in [-0.25, -0.2) is 0 Å². The molecule has 6 heteroatoms. The normalized spacial score (nSPS) is 17.9. The Balaban J connectivity index is 2.09. The fraction of sp³-hybridized carbons (Fsp3) is 0.167. The lowest BCUT2D eigenvalue weighted by Gasteiger charge is -2.20. The van der Waals surface area contributed by atoms with Crippen molar-refractivity contribution in [2.75, 3.05) is 12.4 Å². The third-order valence-electron chi connectivity index (χ3n) is 2.45. The Bertz CT molecular complexity index is 495. The number of halogens is 1. The number of hydrogen-bond acceptors (Lipinski definition) is 4. The van der Waals surface area contributed by atoms with E-state index in [1.54, 1.807) is 43.7 Å². The van der Waals surface area contributed by atoms with Crippen LogP contribution in [0.3, 0.4) is 0 Å². The minimum atomic E-state index is -0.290. The quantitative estimate of drug-likeness (QED) is 0.772. The van der Waals surface area contributed by atoms with Gasteiger partial charge in [0.1, 0.15) is 11.9 Å². The molecule has 0 saturated heterocycles. The molecule has 0 radical (unpaired) electrons. The van der Waals surface area contributed by atoms with Gasteiger partial charge in [0, 0.05) is 23.1 Å².